The SMILES string of the molecule is Cc1ccc(C2C[C@H](N)c3ccc(F)cc3O2)cc1. The molecular formula is C16H16FNO. The third-order valence-corrected chi connectivity index (χ3v) is 3.56. The van der Waals surface area contributed by atoms with Gasteiger partial charge in [0.2, 0.25) is 0 Å². The Kier molecular flexibility index (Phi) is 2.99. The van der Waals surface area contributed by atoms with E-state index in [1.54, 1.807) is 6.07 Å². The highest BCUT2D eigenvalue weighted by Gasteiger charge is 2.27. The third-order valence-electron chi connectivity index (χ3n) is 3.56. The van der Waals surface area contributed by atoms with Crippen LogP contribution in [0.1, 0.15) is 35.3 Å². The molecule has 1 unspecified atom stereocenters. The second-order valence-corrected chi connectivity index (χ2v) is 5.04. The van der Waals surface area contributed by atoms with Crippen molar-refractivity contribution in [2.75, 3.05) is 0 Å². The van der Waals surface area contributed by atoms with E-state index in [2.05, 4.69) is 0 Å². The number of halogens is 1. The molecule has 0 saturated heterocycles. The first-order valence-electron chi connectivity index (χ1n) is 6.42. The Balaban J connectivity index is 1.93. The molecule has 0 aromatic heterocycles. The van der Waals surface area contributed by atoms with Gasteiger partial charge in [0, 0.05) is 24.1 Å². The van der Waals surface area contributed by atoms with Gasteiger partial charge < -0.3 is 10.5 Å². The lowest BCUT2D eigenvalue weighted by Gasteiger charge is -2.30. The zero-order chi connectivity index (χ0) is 13.4. The van der Waals surface area contributed by atoms with Gasteiger partial charge in [-0.3, -0.25) is 0 Å². The van der Waals surface area contributed by atoms with Crippen molar-refractivity contribution in [2.45, 2.75) is 25.5 Å². The maximum absolute atomic E-state index is 13.3. The van der Waals surface area contributed by atoms with E-state index in [4.69, 9.17) is 10.5 Å². The van der Waals surface area contributed by atoms with Crippen LogP contribution in [0.15, 0.2) is 42.5 Å². The van der Waals surface area contributed by atoms with Gasteiger partial charge in [-0.25, -0.2) is 4.39 Å². The van der Waals surface area contributed by atoms with E-state index in [0.717, 1.165) is 11.1 Å². The normalized spacial score (nSPS) is 21.6. The predicted octanol–water partition coefficient (Wildman–Crippen LogP) is 3.66. The molecule has 0 fully saturated rings. The lowest BCUT2D eigenvalue weighted by atomic mass is 9.93. The fraction of sp³-hybridized carbons (Fsp3) is 0.250. The molecule has 0 saturated carbocycles. The molecule has 2 N–H and O–H groups in total. The van der Waals surface area contributed by atoms with Crippen molar-refractivity contribution >= 4 is 0 Å². The Morgan fingerprint density at radius 2 is 1.89 bits per heavy atom. The first kappa shape index (κ1) is 12.2. The number of benzene rings is 2. The van der Waals surface area contributed by atoms with Crippen LogP contribution < -0.4 is 10.5 Å². The molecule has 1 aliphatic heterocycles. The van der Waals surface area contributed by atoms with Gasteiger partial charge in [-0.15, -0.1) is 0 Å². The molecule has 3 heteroatoms. The number of hydrogen-bond donors (Lipinski definition) is 1. The molecule has 3 rings (SSSR count). The second kappa shape index (κ2) is 4.67. The van der Waals surface area contributed by atoms with Gasteiger partial charge >= 0.3 is 0 Å². The summed E-state index contributed by atoms with van der Waals surface area (Å²) in [7, 11) is 0. The first-order valence-corrected chi connectivity index (χ1v) is 6.42. The fourth-order valence-electron chi connectivity index (χ4n) is 2.46. The number of hydrogen-bond acceptors (Lipinski definition) is 2. The van der Waals surface area contributed by atoms with Crippen molar-refractivity contribution in [3.63, 3.8) is 0 Å². The third kappa shape index (κ3) is 2.34. The van der Waals surface area contributed by atoms with Crippen LogP contribution in [0, 0.1) is 12.7 Å². The molecule has 98 valence electrons. The highest BCUT2D eigenvalue weighted by Crippen LogP contribution is 2.39. The van der Waals surface area contributed by atoms with Crippen molar-refractivity contribution in [1.82, 2.24) is 0 Å². The molecule has 2 aromatic rings. The van der Waals surface area contributed by atoms with Crippen LogP contribution in [0.25, 0.3) is 0 Å². The lowest BCUT2D eigenvalue weighted by Crippen LogP contribution is -2.24. The first-order chi connectivity index (χ1) is 9.13. The zero-order valence-corrected chi connectivity index (χ0v) is 10.8. The summed E-state index contributed by atoms with van der Waals surface area (Å²) in [4.78, 5) is 0. The molecule has 1 heterocycles. The van der Waals surface area contributed by atoms with E-state index in [0.29, 0.717) is 12.2 Å². The summed E-state index contributed by atoms with van der Waals surface area (Å²) < 4.78 is 19.2. The Hall–Kier alpha value is -1.87. The molecule has 0 spiro atoms. The minimum absolute atomic E-state index is 0.107. The van der Waals surface area contributed by atoms with Gasteiger partial charge in [0.1, 0.15) is 17.7 Å². The van der Waals surface area contributed by atoms with Crippen molar-refractivity contribution in [3.8, 4) is 5.75 Å². The lowest BCUT2D eigenvalue weighted by molar-refractivity contribution is 0.161. The van der Waals surface area contributed by atoms with Crippen LogP contribution in [0.2, 0.25) is 0 Å². The molecule has 2 aromatic carbocycles. The summed E-state index contributed by atoms with van der Waals surface area (Å²) >= 11 is 0. The van der Waals surface area contributed by atoms with Crippen LogP contribution in [-0.2, 0) is 0 Å². The molecule has 2 atom stereocenters. The van der Waals surface area contributed by atoms with Gasteiger partial charge in [0.15, 0.2) is 0 Å². The number of nitrogens with two attached hydrogens (primary N) is 1. The van der Waals surface area contributed by atoms with E-state index in [1.165, 1.54) is 17.7 Å². The smallest absolute Gasteiger partial charge is 0.127 e. The molecule has 0 radical (unpaired) electrons. The molecule has 0 amide bonds. The minimum atomic E-state index is -0.296. The van der Waals surface area contributed by atoms with Crippen molar-refractivity contribution in [1.29, 1.82) is 0 Å². The van der Waals surface area contributed by atoms with E-state index in [1.807, 2.05) is 31.2 Å². The van der Waals surface area contributed by atoms with Gasteiger partial charge in [0.25, 0.3) is 0 Å². The standard InChI is InChI=1S/C16H16FNO/c1-10-2-4-11(5-3-10)15-9-14(18)13-7-6-12(17)8-16(13)19-15/h2-8,14-15H,9,18H2,1H3/t14-,15?/m0/s1. The largest absolute Gasteiger partial charge is 0.485 e. The summed E-state index contributed by atoms with van der Waals surface area (Å²) in [5, 5.41) is 0. The quantitative estimate of drug-likeness (QED) is 0.846. The summed E-state index contributed by atoms with van der Waals surface area (Å²) in [6.45, 7) is 2.04. The number of aryl methyl sites for hydroxylation is 1. The maximum Gasteiger partial charge on any atom is 0.127 e. The van der Waals surface area contributed by atoms with Crippen LogP contribution in [0.5, 0.6) is 5.75 Å². The Morgan fingerprint density at radius 1 is 1.16 bits per heavy atom. The van der Waals surface area contributed by atoms with Crippen molar-refractivity contribution in [2.24, 2.45) is 5.73 Å². The van der Waals surface area contributed by atoms with E-state index in [-0.39, 0.29) is 18.0 Å². The summed E-state index contributed by atoms with van der Waals surface area (Å²) in [6, 6.07) is 12.6. The maximum atomic E-state index is 13.3. The molecule has 19 heavy (non-hydrogen) atoms. The van der Waals surface area contributed by atoms with E-state index in [9.17, 15) is 4.39 Å². The highest BCUT2D eigenvalue weighted by atomic mass is 19.1. The Labute approximate surface area is 112 Å². The summed E-state index contributed by atoms with van der Waals surface area (Å²) in [6.07, 6.45) is 0.603. The number of rotatable bonds is 1. The van der Waals surface area contributed by atoms with Gasteiger partial charge in [-0.1, -0.05) is 35.9 Å². The second-order valence-electron chi connectivity index (χ2n) is 5.04. The van der Waals surface area contributed by atoms with Gasteiger partial charge in [0.05, 0.1) is 0 Å². The average molecular weight is 257 g/mol. The Bertz CT molecular complexity index is 594. The van der Waals surface area contributed by atoms with Gasteiger partial charge in [-0.2, -0.15) is 0 Å². The fourth-order valence-corrected chi connectivity index (χ4v) is 2.46. The van der Waals surface area contributed by atoms with E-state index < -0.39 is 0 Å². The number of ether oxygens (including phenoxy) is 1. The monoisotopic (exact) mass is 257 g/mol. The molecular weight excluding hydrogens is 241 g/mol. The molecule has 0 bridgehead atoms. The van der Waals surface area contributed by atoms with Crippen LogP contribution >= 0.6 is 0 Å². The summed E-state index contributed by atoms with van der Waals surface area (Å²) in [5.41, 5.74) is 9.31. The molecule has 0 aliphatic carbocycles. The average Bonchev–Trinajstić information content (AvgIpc) is 2.38. The number of fused-ring (bicyclic) bond motifs is 1. The zero-order valence-electron chi connectivity index (χ0n) is 10.8. The van der Waals surface area contributed by atoms with Crippen LogP contribution in [0.3, 0.4) is 0 Å². The highest BCUT2D eigenvalue weighted by molar-refractivity contribution is 5.39. The molecule has 1 aliphatic rings. The predicted molar refractivity (Wildman–Crippen MR) is 72.5 cm³/mol. The van der Waals surface area contributed by atoms with Crippen LogP contribution in [0.4, 0.5) is 4.39 Å². The summed E-state index contributed by atoms with van der Waals surface area (Å²) in [5.74, 6) is 0.264. The van der Waals surface area contributed by atoms with Crippen molar-refractivity contribution < 1.29 is 9.13 Å². The van der Waals surface area contributed by atoms with Crippen molar-refractivity contribution in [3.05, 3.63) is 65.0 Å². The van der Waals surface area contributed by atoms with E-state index >= 15 is 0 Å². The minimum Gasteiger partial charge on any atom is -0.485 e. The van der Waals surface area contributed by atoms with Gasteiger partial charge in [-0.05, 0) is 18.6 Å². The Morgan fingerprint density at radius 3 is 2.63 bits per heavy atom. The topological polar surface area (TPSA) is 35.2 Å². The van der Waals surface area contributed by atoms with Crippen LogP contribution in [-0.4, -0.2) is 0 Å². The molecule has 2 nitrogen and oxygen atoms in total.